The number of carbonyl (C=O) groups is 3. The second-order valence-electron chi connectivity index (χ2n) is 6.93. The molecule has 0 aromatic heterocycles. The summed E-state index contributed by atoms with van der Waals surface area (Å²) in [6.45, 7) is 0.590. The van der Waals surface area contributed by atoms with Crippen LogP contribution in [-0.2, 0) is 20.8 Å². The van der Waals surface area contributed by atoms with Gasteiger partial charge >= 0.3 is 5.97 Å². The molecule has 29 heavy (non-hydrogen) atoms. The van der Waals surface area contributed by atoms with Crippen LogP contribution in [0.3, 0.4) is 0 Å². The molecule has 0 aliphatic carbocycles. The summed E-state index contributed by atoms with van der Waals surface area (Å²) in [5, 5.41) is 17.5. The lowest BCUT2D eigenvalue weighted by atomic mass is 10.0. The van der Waals surface area contributed by atoms with Crippen LogP contribution < -0.4 is 0 Å². The van der Waals surface area contributed by atoms with Crippen LogP contribution in [-0.4, -0.2) is 45.7 Å². The molecule has 2 rings (SSSR count). The number of Topliss-reactive ketones (excluding diaryl/α,β-unsaturated/α-hetero) is 1. The number of rotatable bonds is 11. The molecule has 1 amide bonds. The molecule has 1 saturated heterocycles. The van der Waals surface area contributed by atoms with Gasteiger partial charge in [-0.2, -0.15) is 17.0 Å². The monoisotopic (exact) mass is 414 g/mol. The Labute approximate surface area is 175 Å². The Morgan fingerprint density at radius 2 is 1.97 bits per heavy atom. The molecule has 154 valence electrons. The molecule has 0 bridgehead atoms. The van der Waals surface area contributed by atoms with Crippen molar-refractivity contribution in [2.75, 3.05) is 18.1 Å². The van der Waals surface area contributed by atoms with Gasteiger partial charge in [0.1, 0.15) is 5.78 Å². The first-order chi connectivity index (χ1) is 14.0. The van der Waals surface area contributed by atoms with Gasteiger partial charge in [0.15, 0.2) is 0 Å². The predicted octanol–water partition coefficient (Wildman–Crippen LogP) is 3.55. The van der Waals surface area contributed by atoms with Gasteiger partial charge in [0.25, 0.3) is 0 Å². The Morgan fingerprint density at radius 3 is 2.66 bits per heavy atom. The number of carboxylic acids is 1. The lowest BCUT2D eigenvalue weighted by Crippen LogP contribution is -2.35. The van der Waals surface area contributed by atoms with Crippen molar-refractivity contribution in [3.63, 3.8) is 0 Å². The van der Waals surface area contributed by atoms with Crippen molar-refractivity contribution in [1.29, 1.82) is 5.26 Å². The molecule has 0 atom stereocenters. The zero-order valence-corrected chi connectivity index (χ0v) is 17.2. The third kappa shape index (κ3) is 8.12. The highest BCUT2D eigenvalue weighted by molar-refractivity contribution is 7.99. The number of nitriles is 1. The molecule has 0 radical (unpaired) electrons. The van der Waals surface area contributed by atoms with Gasteiger partial charge < -0.3 is 10.0 Å². The van der Waals surface area contributed by atoms with E-state index in [0.29, 0.717) is 31.4 Å². The summed E-state index contributed by atoms with van der Waals surface area (Å²) in [5.74, 6) is 0.891. The number of hydrogen-bond donors (Lipinski definition) is 1. The Kier molecular flexibility index (Phi) is 9.45. The number of thioether (sulfide) groups is 1. The SMILES string of the molecule is N#Cc1ccc(CC(=O)CC=C2CCCC(=O)N2CCSCCCC(=O)O)cc1. The molecule has 1 heterocycles. The van der Waals surface area contributed by atoms with Crippen LogP contribution in [0.25, 0.3) is 0 Å². The van der Waals surface area contributed by atoms with E-state index >= 15 is 0 Å². The zero-order chi connectivity index (χ0) is 21.1. The topological polar surface area (TPSA) is 98.5 Å². The number of amides is 1. The van der Waals surface area contributed by atoms with E-state index in [0.717, 1.165) is 35.6 Å². The van der Waals surface area contributed by atoms with Gasteiger partial charge in [-0.1, -0.05) is 18.2 Å². The van der Waals surface area contributed by atoms with E-state index < -0.39 is 5.97 Å². The van der Waals surface area contributed by atoms with Gasteiger partial charge in [0.2, 0.25) is 5.91 Å². The van der Waals surface area contributed by atoms with E-state index in [-0.39, 0.29) is 24.5 Å². The predicted molar refractivity (Wildman–Crippen MR) is 112 cm³/mol. The Balaban J connectivity index is 1.83. The number of carbonyl (C=O) groups excluding carboxylic acids is 2. The summed E-state index contributed by atoms with van der Waals surface area (Å²) in [4.78, 5) is 36.9. The zero-order valence-electron chi connectivity index (χ0n) is 16.4. The maximum Gasteiger partial charge on any atom is 0.303 e. The van der Waals surface area contributed by atoms with Crippen LogP contribution in [0.5, 0.6) is 0 Å². The quantitative estimate of drug-likeness (QED) is 0.556. The van der Waals surface area contributed by atoms with Gasteiger partial charge in [-0.3, -0.25) is 14.4 Å². The average molecular weight is 415 g/mol. The summed E-state index contributed by atoms with van der Waals surface area (Å²) in [6.07, 6.45) is 5.38. The minimum Gasteiger partial charge on any atom is -0.481 e. The fraction of sp³-hybridized carbons (Fsp3) is 0.455. The van der Waals surface area contributed by atoms with Crippen molar-refractivity contribution in [2.24, 2.45) is 0 Å². The maximum absolute atomic E-state index is 12.3. The second kappa shape index (κ2) is 12.1. The molecule has 6 nitrogen and oxygen atoms in total. The van der Waals surface area contributed by atoms with E-state index in [1.807, 2.05) is 6.08 Å². The average Bonchev–Trinajstić information content (AvgIpc) is 2.70. The van der Waals surface area contributed by atoms with Gasteiger partial charge in [0, 0.05) is 43.7 Å². The Bertz CT molecular complexity index is 796. The lowest BCUT2D eigenvalue weighted by Gasteiger charge is -2.30. The van der Waals surface area contributed by atoms with Gasteiger partial charge in [-0.15, -0.1) is 0 Å². The summed E-state index contributed by atoms with van der Waals surface area (Å²) in [6, 6.07) is 9.05. The van der Waals surface area contributed by atoms with Gasteiger partial charge in [-0.05, 0) is 42.7 Å². The number of aliphatic carboxylic acids is 1. The van der Waals surface area contributed by atoms with Crippen molar-refractivity contribution in [3.05, 3.63) is 47.2 Å². The largest absolute Gasteiger partial charge is 0.481 e. The van der Waals surface area contributed by atoms with Crippen molar-refractivity contribution < 1.29 is 19.5 Å². The number of hydrogen-bond acceptors (Lipinski definition) is 5. The minimum absolute atomic E-state index is 0.0724. The first-order valence-corrected chi connectivity index (χ1v) is 10.9. The molecule has 1 N–H and O–H groups in total. The number of nitrogens with zero attached hydrogens (tertiary/aromatic N) is 2. The van der Waals surface area contributed by atoms with Crippen LogP contribution in [0.2, 0.25) is 0 Å². The van der Waals surface area contributed by atoms with Crippen LogP contribution in [0.15, 0.2) is 36.0 Å². The van der Waals surface area contributed by atoms with E-state index in [1.165, 1.54) is 0 Å². The fourth-order valence-corrected chi connectivity index (χ4v) is 4.01. The number of allylic oxidation sites excluding steroid dienone is 2. The third-order valence-electron chi connectivity index (χ3n) is 4.66. The summed E-state index contributed by atoms with van der Waals surface area (Å²) < 4.78 is 0. The van der Waals surface area contributed by atoms with E-state index in [2.05, 4.69) is 6.07 Å². The van der Waals surface area contributed by atoms with Crippen molar-refractivity contribution in [3.8, 4) is 6.07 Å². The van der Waals surface area contributed by atoms with Crippen molar-refractivity contribution in [1.82, 2.24) is 4.90 Å². The number of piperidine rings is 1. The molecule has 0 spiro atoms. The minimum atomic E-state index is -0.785. The number of carboxylic acid groups (broad SMARTS) is 1. The molecule has 7 heteroatoms. The molecule has 1 fully saturated rings. The van der Waals surface area contributed by atoms with E-state index in [9.17, 15) is 14.4 Å². The Hall–Kier alpha value is -2.59. The van der Waals surface area contributed by atoms with Gasteiger partial charge in [-0.25, -0.2) is 0 Å². The molecule has 1 aliphatic rings. The Morgan fingerprint density at radius 1 is 1.21 bits per heavy atom. The normalized spacial score (nSPS) is 15.3. The fourth-order valence-electron chi connectivity index (χ4n) is 3.14. The summed E-state index contributed by atoms with van der Waals surface area (Å²) in [7, 11) is 0. The van der Waals surface area contributed by atoms with Gasteiger partial charge in [0.05, 0.1) is 11.6 Å². The molecule has 0 unspecified atom stereocenters. The standard InChI is InChI=1S/C22H26N2O4S/c23-16-18-8-6-17(7-9-18)15-20(25)11-10-19-3-1-4-21(26)24(19)12-14-29-13-2-5-22(27)28/h6-10H,1-5,11-15H2,(H,27,28). The molecule has 1 aromatic rings. The number of ketones is 1. The third-order valence-corrected chi connectivity index (χ3v) is 5.71. The van der Waals surface area contributed by atoms with Crippen molar-refractivity contribution in [2.45, 2.75) is 44.9 Å². The van der Waals surface area contributed by atoms with E-state index in [4.69, 9.17) is 10.4 Å². The smallest absolute Gasteiger partial charge is 0.303 e. The second-order valence-corrected chi connectivity index (χ2v) is 8.16. The van der Waals surface area contributed by atoms with Crippen LogP contribution >= 0.6 is 11.8 Å². The van der Waals surface area contributed by atoms with E-state index in [1.54, 1.807) is 40.9 Å². The highest BCUT2D eigenvalue weighted by atomic mass is 32.2. The maximum atomic E-state index is 12.3. The first-order valence-electron chi connectivity index (χ1n) is 9.79. The van der Waals surface area contributed by atoms with Crippen molar-refractivity contribution >= 4 is 29.4 Å². The molecule has 0 saturated carbocycles. The summed E-state index contributed by atoms with van der Waals surface area (Å²) in [5.41, 5.74) is 2.36. The van der Waals surface area contributed by atoms with Crippen LogP contribution in [0.4, 0.5) is 0 Å². The molecular weight excluding hydrogens is 388 g/mol. The molecular formula is C22H26N2O4S. The molecule has 1 aromatic carbocycles. The van der Waals surface area contributed by atoms with Crippen LogP contribution in [0, 0.1) is 11.3 Å². The summed E-state index contributed by atoms with van der Waals surface area (Å²) >= 11 is 1.65. The highest BCUT2D eigenvalue weighted by Gasteiger charge is 2.22. The number of likely N-dealkylation sites (tertiary alicyclic amines) is 1. The number of benzene rings is 1. The van der Waals surface area contributed by atoms with Crippen LogP contribution in [0.1, 0.15) is 49.7 Å². The highest BCUT2D eigenvalue weighted by Crippen LogP contribution is 2.23. The molecule has 1 aliphatic heterocycles. The first kappa shape index (κ1) is 22.7. The lowest BCUT2D eigenvalue weighted by molar-refractivity contribution is -0.137.